The number of hydrogen-bond acceptors (Lipinski definition) is 3. The molecular formula is C29H28N2O3. The van der Waals surface area contributed by atoms with E-state index < -0.39 is 0 Å². The summed E-state index contributed by atoms with van der Waals surface area (Å²) in [6.45, 7) is 2.60. The minimum Gasteiger partial charge on any atom is -0.321 e. The first-order chi connectivity index (χ1) is 16.5. The zero-order valence-electron chi connectivity index (χ0n) is 19.4. The number of terminal acetylenes is 1. The zero-order chi connectivity index (χ0) is 24.1. The molecule has 0 saturated carbocycles. The van der Waals surface area contributed by atoms with Gasteiger partial charge < -0.3 is 5.32 Å². The summed E-state index contributed by atoms with van der Waals surface area (Å²) in [6, 6.07) is 15.5. The van der Waals surface area contributed by atoms with Crippen LogP contribution >= 0.6 is 0 Å². The van der Waals surface area contributed by atoms with Gasteiger partial charge in [-0.1, -0.05) is 57.1 Å². The molecule has 1 N–H and O–H groups in total. The lowest BCUT2D eigenvalue weighted by Crippen LogP contribution is -2.40. The first-order valence-electron chi connectivity index (χ1n) is 11.8. The lowest BCUT2D eigenvalue weighted by atomic mass is 9.92. The fourth-order valence-corrected chi connectivity index (χ4v) is 4.42. The summed E-state index contributed by atoms with van der Waals surface area (Å²) in [5, 5.41) is 4.18. The molecule has 3 aromatic rings. The molecule has 0 fully saturated rings. The number of imide groups is 1. The molecule has 0 bridgehead atoms. The topological polar surface area (TPSA) is 66.5 Å². The number of hydrogen-bond donors (Lipinski definition) is 1. The second kappa shape index (κ2) is 10.4. The van der Waals surface area contributed by atoms with Gasteiger partial charge in [0.25, 0.3) is 17.7 Å². The Bertz CT molecular complexity index is 1260. The van der Waals surface area contributed by atoms with Crippen molar-refractivity contribution in [2.24, 2.45) is 0 Å². The molecule has 5 heteroatoms. The summed E-state index contributed by atoms with van der Waals surface area (Å²) < 4.78 is 0. The van der Waals surface area contributed by atoms with E-state index in [1.165, 1.54) is 24.2 Å². The maximum atomic E-state index is 13.2. The van der Waals surface area contributed by atoms with Gasteiger partial charge in [-0.25, -0.2) is 0 Å². The fourth-order valence-electron chi connectivity index (χ4n) is 4.42. The summed E-state index contributed by atoms with van der Waals surface area (Å²) in [5.74, 6) is 1.69. The number of rotatable bonds is 9. The lowest BCUT2D eigenvalue weighted by Gasteiger charge is -2.28. The largest absolute Gasteiger partial charge is 0.321 e. The number of anilines is 1. The van der Waals surface area contributed by atoms with E-state index in [1.54, 1.807) is 48.5 Å². The van der Waals surface area contributed by atoms with Crippen molar-refractivity contribution in [1.29, 1.82) is 0 Å². The van der Waals surface area contributed by atoms with Gasteiger partial charge in [0.05, 0.1) is 0 Å². The van der Waals surface area contributed by atoms with Crippen molar-refractivity contribution < 1.29 is 14.4 Å². The normalized spacial score (nSPS) is 12.6. The summed E-state index contributed by atoms with van der Waals surface area (Å²) in [4.78, 5) is 40.6. The summed E-state index contributed by atoms with van der Waals surface area (Å²) in [6.07, 6.45) is 11.9. The van der Waals surface area contributed by atoms with Gasteiger partial charge >= 0.3 is 0 Å². The van der Waals surface area contributed by atoms with E-state index in [2.05, 4.69) is 18.2 Å². The molecule has 4 rings (SSSR count). The Morgan fingerprint density at radius 3 is 2.26 bits per heavy atom. The number of benzene rings is 3. The SMILES string of the molecule is C#Cc1ccc(C(=O)Nc2ccc3c4c(cccc24)C(=O)N(CCCCCCCC)C3=O)cc1. The third-order valence-corrected chi connectivity index (χ3v) is 6.29. The monoisotopic (exact) mass is 452 g/mol. The number of carbonyl (C=O) groups is 3. The Kier molecular flexibility index (Phi) is 7.08. The van der Waals surface area contributed by atoms with Crippen molar-refractivity contribution in [2.45, 2.75) is 45.4 Å². The Morgan fingerprint density at radius 1 is 0.882 bits per heavy atom. The van der Waals surface area contributed by atoms with Crippen LogP contribution in [0.1, 0.15) is 82.1 Å². The van der Waals surface area contributed by atoms with Crippen LogP contribution in [0.4, 0.5) is 5.69 Å². The average molecular weight is 453 g/mol. The molecule has 3 amide bonds. The third-order valence-electron chi connectivity index (χ3n) is 6.29. The Morgan fingerprint density at radius 2 is 1.56 bits per heavy atom. The van der Waals surface area contributed by atoms with Gasteiger partial charge in [0.2, 0.25) is 0 Å². The van der Waals surface area contributed by atoms with Gasteiger partial charge in [0, 0.05) is 45.3 Å². The second-order valence-electron chi connectivity index (χ2n) is 8.59. The van der Waals surface area contributed by atoms with E-state index in [0.29, 0.717) is 45.3 Å². The quantitative estimate of drug-likeness (QED) is 0.245. The molecule has 1 heterocycles. The van der Waals surface area contributed by atoms with E-state index >= 15 is 0 Å². The third kappa shape index (κ3) is 4.58. The maximum absolute atomic E-state index is 13.2. The van der Waals surface area contributed by atoms with Crippen molar-refractivity contribution in [3.8, 4) is 12.3 Å². The molecule has 0 spiro atoms. The summed E-state index contributed by atoms with van der Waals surface area (Å²) in [5.41, 5.74) is 2.70. The Balaban J connectivity index is 1.57. The van der Waals surface area contributed by atoms with Gasteiger partial charge in [-0.2, -0.15) is 0 Å². The fraction of sp³-hybridized carbons (Fsp3) is 0.276. The number of carbonyl (C=O) groups excluding carboxylic acids is 3. The number of amides is 3. The minimum atomic E-state index is -0.289. The number of nitrogens with one attached hydrogen (secondary N) is 1. The molecule has 172 valence electrons. The summed E-state index contributed by atoms with van der Waals surface area (Å²) in [7, 11) is 0. The van der Waals surface area contributed by atoms with Crippen molar-refractivity contribution in [3.63, 3.8) is 0 Å². The molecule has 1 aliphatic heterocycles. The molecule has 0 saturated heterocycles. The van der Waals surface area contributed by atoms with Crippen molar-refractivity contribution >= 4 is 34.2 Å². The van der Waals surface area contributed by atoms with Gasteiger partial charge in [0.1, 0.15) is 0 Å². The first-order valence-corrected chi connectivity index (χ1v) is 11.8. The average Bonchev–Trinajstić information content (AvgIpc) is 2.87. The highest BCUT2D eigenvalue weighted by Crippen LogP contribution is 2.34. The molecular weight excluding hydrogens is 424 g/mol. The Labute approximate surface area is 200 Å². The molecule has 0 unspecified atom stereocenters. The Hall–Kier alpha value is -3.91. The van der Waals surface area contributed by atoms with Crippen LogP contribution in [-0.4, -0.2) is 29.2 Å². The highest BCUT2D eigenvalue weighted by molar-refractivity contribution is 6.27. The number of nitrogens with zero attached hydrogens (tertiary/aromatic N) is 1. The van der Waals surface area contributed by atoms with Crippen LogP contribution in [-0.2, 0) is 0 Å². The molecule has 0 radical (unpaired) electrons. The molecule has 3 aromatic carbocycles. The van der Waals surface area contributed by atoms with Crippen LogP contribution in [0.25, 0.3) is 10.8 Å². The van der Waals surface area contributed by atoms with Crippen LogP contribution in [0.15, 0.2) is 54.6 Å². The molecule has 34 heavy (non-hydrogen) atoms. The predicted octanol–water partition coefficient (Wildman–Crippen LogP) is 6.03. The molecule has 0 aromatic heterocycles. The van der Waals surface area contributed by atoms with E-state index in [0.717, 1.165) is 19.3 Å². The number of unbranched alkanes of at least 4 members (excludes halogenated alkanes) is 5. The highest BCUT2D eigenvalue weighted by Gasteiger charge is 2.33. The lowest BCUT2D eigenvalue weighted by molar-refractivity contribution is 0.0607. The van der Waals surface area contributed by atoms with Crippen LogP contribution in [0.5, 0.6) is 0 Å². The second-order valence-corrected chi connectivity index (χ2v) is 8.59. The standard InChI is InChI=1S/C29H28N2O3/c1-3-5-6-7-8-9-19-31-28(33)23-12-10-11-22-25(18-17-24(26(22)23)29(31)34)30-27(32)21-15-13-20(4-2)14-16-21/h2,10-18H,3,5-9,19H2,1H3,(H,30,32). The van der Waals surface area contributed by atoms with E-state index in [1.807, 2.05) is 6.07 Å². The molecule has 1 aliphatic rings. The van der Waals surface area contributed by atoms with Crippen LogP contribution in [0.3, 0.4) is 0 Å². The van der Waals surface area contributed by atoms with Crippen molar-refractivity contribution in [1.82, 2.24) is 4.90 Å². The molecule has 5 nitrogen and oxygen atoms in total. The maximum Gasteiger partial charge on any atom is 0.261 e. The zero-order valence-corrected chi connectivity index (χ0v) is 19.4. The van der Waals surface area contributed by atoms with Gasteiger partial charge in [-0.05, 0) is 48.9 Å². The van der Waals surface area contributed by atoms with Gasteiger partial charge in [-0.15, -0.1) is 6.42 Å². The van der Waals surface area contributed by atoms with E-state index in [9.17, 15) is 14.4 Å². The van der Waals surface area contributed by atoms with Crippen LogP contribution < -0.4 is 5.32 Å². The van der Waals surface area contributed by atoms with Gasteiger partial charge in [-0.3, -0.25) is 19.3 Å². The minimum absolute atomic E-state index is 0.273. The first kappa shape index (κ1) is 23.3. The van der Waals surface area contributed by atoms with Crippen molar-refractivity contribution in [3.05, 3.63) is 76.9 Å². The van der Waals surface area contributed by atoms with Crippen molar-refractivity contribution in [2.75, 3.05) is 11.9 Å². The van der Waals surface area contributed by atoms with Gasteiger partial charge in [0.15, 0.2) is 0 Å². The van der Waals surface area contributed by atoms with E-state index in [4.69, 9.17) is 6.42 Å². The molecule has 0 atom stereocenters. The highest BCUT2D eigenvalue weighted by atomic mass is 16.2. The van der Waals surface area contributed by atoms with Crippen LogP contribution in [0, 0.1) is 12.3 Å². The predicted molar refractivity (Wildman–Crippen MR) is 135 cm³/mol. The molecule has 0 aliphatic carbocycles. The van der Waals surface area contributed by atoms with E-state index in [-0.39, 0.29) is 17.7 Å². The smallest absolute Gasteiger partial charge is 0.261 e. The summed E-state index contributed by atoms with van der Waals surface area (Å²) >= 11 is 0. The van der Waals surface area contributed by atoms with Crippen LogP contribution in [0.2, 0.25) is 0 Å².